The van der Waals surface area contributed by atoms with Crippen LogP contribution in [0.5, 0.6) is 0 Å². The van der Waals surface area contributed by atoms with Gasteiger partial charge in [0, 0.05) is 45.1 Å². The Kier molecular flexibility index (Phi) is 5.18. The van der Waals surface area contributed by atoms with E-state index in [-0.39, 0.29) is 6.09 Å². The molecule has 7 heteroatoms. The van der Waals surface area contributed by atoms with Gasteiger partial charge in [0.2, 0.25) is 0 Å². The minimum atomic E-state index is -0.472. The molecule has 1 aliphatic rings. The van der Waals surface area contributed by atoms with E-state index in [0.717, 1.165) is 24.5 Å². The summed E-state index contributed by atoms with van der Waals surface area (Å²) in [6.45, 7) is 8.80. The van der Waals surface area contributed by atoms with Gasteiger partial charge in [-0.05, 0) is 27.2 Å². The van der Waals surface area contributed by atoms with Crippen LogP contribution in [0, 0.1) is 0 Å². The summed E-state index contributed by atoms with van der Waals surface area (Å²) in [5.74, 6) is 0.816. The fourth-order valence-corrected chi connectivity index (χ4v) is 2.41. The monoisotopic (exact) mass is 307 g/mol. The highest BCUT2D eigenvalue weighted by molar-refractivity contribution is 5.68. The number of aromatic nitrogens is 2. The molecule has 0 atom stereocenters. The smallest absolute Gasteiger partial charge is 0.410 e. The molecule has 1 fully saturated rings. The van der Waals surface area contributed by atoms with Gasteiger partial charge in [-0.25, -0.2) is 9.78 Å². The first-order valence-electron chi connectivity index (χ1n) is 7.63. The zero-order chi connectivity index (χ0) is 16.2. The zero-order valence-corrected chi connectivity index (χ0v) is 13.6. The molecule has 1 aromatic rings. The number of hydrogen-bond donors (Lipinski definition) is 1. The van der Waals surface area contributed by atoms with Crippen LogP contribution in [-0.4, -0.2) is 52.7 Å². The third-order valence-electron chi connectivity index (χ3n) is 3.39. The summed E-state index contributed by atoms with van der Waals surface area (Å²) in [4.78, 5) is 24.7. The quantitative estimate of drug-likeness (QED) is 0.888. The molecular weight excluding hydrogens is 282 g/mol. The van der Waals surface area contributed by atoms with E-state index in [9.17, 15) is 4.79 Å². The van der Waals surface area contributed by atoms with Gasteiger partial charge < -0.3 is 20.3 Å². The number of hydrogen-bond acceptors (Lipinski definition) is 6. The van der Waals surface area contributed by atoms with Crippen LogP contribution >= 0.6 is 0 Å². The molecule has 1 amide bonds. The van der Waals surface area contributed by atoms with E-state index in [2.05, 4.69) is 14.9 Å². The lowest BCUT2D eigenvalue weighted by molar-refractivity contribution is 0.0263. The maximum atomic E-state index is 12.2. The van der Waals surface area contributed by atoms with Crippen molar-refractivity contribution >= 4 is 11.9 Å². The lowest BCUT2D eigenvalue weighted by atomic mass is 10.2. The molecule has 22 heavy (non-hydrogen) atoms. The molecule has 2 rings (SSSR count). The van der Waals surface area contributed by atoms with Gasteiger partial charge in [-0.1, -0.05) is 0 Å². The number of rotatable bonds is 2. The van der Waals surface area contributed by atoms with Crippen molar-refractivity contribution in [2.75, 3.05) is 31.1 Å². The van der Waals surface area contributed by atoms with E-state index in [0.29, 0.717) is 26.2 Å². The number of ether oxygens (including phenoxy) is 1. The third-order valence-corrected chi connectivity index (χ3v) is 3.39. The molecule has 2 N–H and O–H groups in total. The van der Waals surface area contributed by atoms with Crippen molar-refractivity contribution in [3.05, 3.63) is 18.1 Å². The molecule has 0 aliphatic carbocycles. The second-order valence-electron chi connectivity index (χ2n) is 6.34. The van der Waals surface area contributed by atoms with Crippen LogP contribution in [0.3, 0.4) is 0 Å². The summed E-state index contributed by atoms with van der Waals surface area (Å²) in [5, 5.41) is 0. The SMILES string of the molecule is CC(C)(C)OC(=O)N1CCCN(c2nccnc2CN)CC1. The van der Waals surface area contributed by atoms with Gasteiger partial charge in [0.15, 0.2) is 5.82 Å². The third kappa shape index (κ3) is 4.30. The molecule has 0 radical (unpaired) electrons. The van der Waals surface area contributed by atoms with Gasteiger partial charge in [-0.3, -0.25) is 4.98 Å². The van der Waals surface area contributed by atoms with E-state index in [4.69, 9.17) is 10.5 Å². The minimum Gasteiger partial charge on any atom is -0.444 e. The Morgan fingerprint density at radius 1 is 1.23 bits per heavy atom. The maximum Gasteiger partial charge on any atom is 0.410 e. The maximum absolute atomic E-state index is 12.2. The summed E-state index contributed by atoms with van der Waals surface area (Å²) in [6, 6.07) is 0. The Morgan fingerprint density at radius 2 is 1.95 bits per heavy atom. The zero-order valence-electron chi connectivity index (χ0n) is 13.6. The predicted octanol–water partition coefficient (Wildman–Crippen LogP) is 1.38. The van der Waals surface area contributed by atoms with Crippen molar-refractivity contribution in [3.63, 3.8) is 0 Å². The number of amides is 1. The second-order valence-corrected chi connectivity index (χ2v) is 6.34. The molecule has 7 nitrogen and oxygen atoms in total. The van der Waals surface area contributed by atoms with Crippen LogP contribution in [0.4, 0.5) is 10.6 Å². The molecule has 0 spiro atoms. The number of carbonyl (C=O) groups is 1. The summed E-state index contributed by atoms with van der Waals surface area (Å²) >= 11 is 0. The highest BCUT2D eigenvalue weighted by atomic mass is 16.6. The van der Waals surface area contributed by atoms with Crippen molar-refractivity contribution in [3.8, 4) is 0 Å². The van der Waals surface area contributed by atoms with Gasteiger partial charge in [-0.15, -0.1) is 0 Å². The second kappa shape index (κ2) is 6.91. The van der Waals surface area contributed by atoms with Crippen LogP contribution in [0.2, 0.25) is 0 Å². The van der Waals surface area contributed by atoms with Gasteiger partial charge in [0.25, 0.3) is 0 Å². The molecule has 1 saturated heterocycles. The Morgan fingerprint density at radius 3 is 2.64 bits per heavy atom. The van der Waals surface area contributed by atoms with Gasteiger partial charge in [0.05, 0.1) is 5.69 Å². The van der Waals surface area contributed by atoms with Crippen LogP contribution < -0.4 is 10.6 Å². The molecular formula is C15H25N5O2. The average Bonchev–Trinajstić information content (AvgIpc) is 2.71. The molecule has 0 aromatic carbocycles. The fraction of sp³-hybridized carbons (Fsp3) is 0.667. The topological polar surface area (TPSA) is 84.6 Å². The van der Waals surface area contributed by atoms with Crippen molar-refractivity contribution < 1.29 is 9.53 Å². The Balaban J connectivity index is 2.02. The highest BCUT2D eigenvalue weighted by Gasteiger charge is 2.25. The molecule has 122 valence electrons. The fourth-order valence-electron chi connectivity index (χ4n) is 2.41. The van der Waals surface area contributed by atoms with Crippen LogP contribution in [0.25, 0.3) is 0 Å². The number of carbonyl (C=O) groups excluding carboxylic acids is 1. The standard InChI is InChI=1S/C15H25N5O2/c1-15(2,3)22-14(21)20-8-4-7-19(9-10-20)13-12(11-16)17-5-6-18-13/h5-6H,4,7-11,16H2,1-3H3. The van der Waals surface area contributed by atoms with E-state index in [1.165, 1.54) is 0 Å². The van der Waals surface area contributed by atoms with Crippen molar-refractivity contribution in [1.82, 2.24) is 14.9 Å². The van der Waals surface area contributed by atoms with Gasteiger partial charge >= 0.3 is 6.09 Å². The molecule has 0 saturated carbocycles. The number of nitrogens with zero attached hydrogens (tertiary/aromatic N) is 4. The minimum absolute atomic E-state index is 0.257. The van der Waals surface area contributed by atoms with E-state index >= 15 is 0 Å². The normalized spacial score (nSPS) is 16.4. The molecule has 1 aliphatic heterocycles. The molecule has 1 aromatic heterocycles. The van der Waals surface area contributed by atoms with E-state index in [1.54, 1.807) is 17.3 Å². The largest absolute Gasteiger partial charge is 0.444 e. The highest BCUT2D eigenvalue weighted by Crippen LogP contribution is 2.18. The summed E-state index contributed by atoms with van der Waals surface area (Å²) < 4.78 is 5.44. The Labute approximate surface area is 131 Å². The van der Waals surface area contributed by atoms with E-state index in [1.807, 2.05) is 20.8 Å². The van der Waals surface area contributed by atoms with Gasteiger partial charge in [-0.2, -0.15) is 0 Å². The lowest BCUT2D eigenvalue weighted by Crippen LogP contribution is -2.39. The summed E-state index contributed by atoms with van der Waals surface area (Å²) in [7, 11) is 0. The van der Waals surface area contributed by atoms with Crippen molar-refractivity contribution in [1.29, 1.82) is 0 Å². The van der Waals surface area contributed by atoms with Crippen molar-refractivity contribution in [2.45, 2.75) is 39.3 Å². The first-order valence-corrected chi connectivity index (χ1v) is 7.63. The van der Waals surface area contributed by atoms with Crippen LogP contribution in [0.15, 0.2) is 12.4 Å². The van der Waals surface area contributed by atoms with Crippen LogP contribution in [-0.2, 0) is 11.3 Å². The summed E-state index contributed by atoms with van der Waals surface area (Å²) in [5.41, 5.74) is 6.04. The van der Waals surface area contributed by atoms with Gasteiger partial charge in [0.1, 0.15) is 5.60 Å². The van der Waals surface area contributed by atoms with E-state index < -0.39 is 5.60 Å². The number of anilines is 1. The molecule has 2 heterocycles. The first-order chi connectivity index (χ1) is 10.4. The molecule has 0 unspecified atom stereocenters. The number of nitrogens with two attached hydrogens (primary N) is 1. The van der Waals surface area contributed by atoms with Crippen molar-refractivity contribution in [2.24, 2.45) is 5.73 Å². The van der Waals surface area contributed by atoms with Crippen LogP contribution in [0.1, 0.15) is 32.9 Å². The predicted molar refractivity (Wildman–Crippen MR) is 84.6 cm³/mol. The Hall–Kier alpha value is -1.89. The Bertz CT molecular complexity index is 515. The lowest BCUT2D eigenvalue weighted by Gasteiger charge is -2.27. The molecule has 0 bridgehead atoms. The summed E-state index contributed by atoms with van der Waals surface area (Å²) in [6.07, 6.45) is 3.93. The first kappa shape index (κ1) is 16.5. The average molecular weight is 307 g/mol.